The van der Waals surface area contributed by atoms with Gasteiger partial charge in [-0.25, -0.2) is 0 Å². The third kappa shape index (κ3) is 4.43. The molecular formula is C55H35I. The van der Waals surface area contributed by atoms with Crippen molar-refractivity contribution in [3.8, 4) is 33.4 Å². The number of halogens is 1. The zero-order valence-corrected chi connectivity index (χ0v) is 32.8. The average Bonchev–Trinajstić information content (AvgIpc) is 3.52. The summed E-state index contributed by atoms with van der Waals surface area (Å²) in [7, 11) is 0. The predicted molar refractivity (Wildman–Crippen MR) is 251 cm³/mol. The van der Waals surface area contributed by atoms with Crippen LogP contribution in [0.1, 0.15) is 0 Å². The van der Waals surface area contributed by atoms with Gasteiger partial charge in [0.2, 0.25) is 0 Å². The molecule has 12 rings (SSSR count). The van der Waals surface area contributed by atoms with Crippen molar-refractivity contribution < 1.29 is 0 Å². The van der Waals surface area contributed by atoms with Crippen molar-refractivity contribution in [1.29, 1.82) is 0 Å². The van der Waals surface area contributed by atoms with Crippen LogP contribution >= 0.6 is 18.0 Å². The minimum atomic E-state index is -3.21. The van der Waals surface area contributed by atoms with Crippen LogP contribution in [0.5, 0.6) is 0 Å². The molecule has 0 radical (unpaired) electrons. The van der Waals surface area contributed by atoms with Gasteiger partial charge in [0.1, 0.15) is 0 Å². The Balaban J connectivity index is 1.16. The normalized spacial score (nSPS) is 16.1. The fourth-order valence-corrected chi connectivity index (χ4v) is 17.8. The van der Waals surface area contributed by atoms with Gasteiger partial charge in [0.15, 0.2) is 0 Å². The van der Waals surface area contributed by atoms with Crippen LogP contribution in [-0.2, 0) is 0 Å². The molecule has 11 aromatic rings. The van der Waals surface area contributed by atoms with Gasteiger partial charge in [0, 0.05) is 0 Å². The topological polar surface area (TPSA) is 0 Å². The summed E-state index contributed by atoms with van der Waals surface area (Å²) in [6, 6.07) is 75.0. The Kier molecular flexibility index (Phi) is 6.85. The molecule has 0 amide bonds. The second-order valence-electron chi connectivity index (χ2n) is 15.0. The molecule has 1 unspecified atom stereocenters. The van der Waals surface area contributed by atoms with Gasteiger partial charge in [-0.15, -0.1) is 0 Å². The zero-order valence-electron chi connectivity index (χ0n) is 30.6. The standard InChI is InChI=1S/C55H35I/c1-56(39-29-27-35-15-5-6-18-37(35)31-39)52-26-14-13-21-43(52)51-33-49-41-20-8-7-19-40(41)48-32-38(28-30-42(48)50(49)34-53(51)56)55-46-24-11-9-22-44(46)54(36-16-3-2-4-17-36)45-23-10-12-25-47(45)55/h2-34H,1H2. The molecule has 1 aliphatic heterocycles. The van der Waals surface area contributed by atoms with E-state index in [0.717, 1.165) is 0 Å². The summed E-state index contributed by atoms with van der Waals surface area (Å²) in [5, 5.41) is 15.4. The molecule has 0 bridgehead atoms. The molecule has 0 spiro atoms. The summed E-state index contributed by atoms with van der Waals surface area (Å²) in [6.07, 6.45) is 0. The minimum absolute atomic E-state index is 1.24. The molecule has 1 heterocycles. The Morgan fingerprint density at radius 1 is 0.286 bits per heavy atom. The van der Waals surface area contributed by atoms with E-state index in [4.69, 9.17) is 4.51 Å². The van der Waals surface area contributed by atoms with E-state index in [2.05, 4.69) is 200 Å². The first-order chi connectivity index (χ1) is 27.7. The van der Waals surface area contributed by atoms with Crippen LogP contribution in [0.15, 0.2) is 200 Å². The van der Waals surface area contributed by atoms with Gasteiger partial charge in [-0.1, -0.05) is 30.3 Å². The number of hydrogen-bond acceptors (Lipinski definition) is 0. The van der Waals surface area contributed by atoms with Crippen LogP contribution in [0.3, 0.4) is 0 Å². The predicted octanol–water partition coefficient (Wildman–Crippen LogP) is 15.3. The maximum absolute atomic E-state index is 5.30. The van der Waals surface area contributed by atoms with Crippen LogP contribution in [-0.4, -0.2) is 4.51 Å². The van der Waals surface area contributed by atoms with Gasteiger partial charge < -0.3 is 0 Å². The fourth-order valence-electron chi connectivity index (χ4n) is 9.62. The van der Waals surface area contributed by atoms with Gasteiger partial charge >= 0.3 is 301 Å². The molecule has 1 aliphatic rings. The van der Waals surface area contributed by atoms with Gasteiger partial charge in [-0.05, 0) is 0 Å². The Hall–Kier alpha value is -6.42. The van der Waals surface area contributed by atoms with E-state index in [1.54, 1.807) is 0 Å². The van der Waals surface area contributed by atoms with Crippen molar-refractivity contribution in [3.63, 3.8) is 0 Å². The summed E-state index contributed by atoms with van der Waals surface area (Å²) in [5.41, 5.74) is 7.76. The maximum atomic E-state index is 5.30. The number of hydrogen-bond donors (Lipinski definition) is 0. The molecule has 1 atom stereocenters. The number of benzene rings is 11. The van der Waals surface area contributed by atoms with E-state index in [0.29, 0.717) is 0 Å². The Morgan fingerprint density at radius 2 is 0.804 bits per heavy atom. The summed E-state index contributed by atoms with van der Waals surface area (Å²) >= 11 is -3.21. The monoisotopic (exact) mass is 822 g/mol. The summed E-state index contributed by atoms with van der Waals surface area (Å²) in [6.45, 7) is 0. The number of fused-ring (bicyclic) bond motifs is 12. The van der Waals surface area contributed by atoms with Gasteiger partial charge in [0.05, 0.1) is 0 Å². The molecule has 56 heavy (non-hydrogen) atoms. The van der Waals surface area contributed by atoms with Crippen molar-refractivity contribution in [2.45, 2.75) is 0 Å². The molecule has 262 valence electrons. The zero-order chi connectivity index (χ0) is 37.0. The van der Waals surface area contributed by atoms with Gasteiger partial charge in [-0.2, -0.15) is 0 Å². The third-order valence-corrected chi connectivity index (χ3v) is 20.7. The Labute approximate surface area is 329 Å². The van der Waals surface area contributed by atoms with E-state index in [1.165, 1.54) is 109 Å². The quantitative estimate of drug-likeness (QED) is 0.0946. The van der Waals surface area contributed by atoms with Crippen LogP contribution in [0.2, 0.25) is 0 Å². The van der Waals surface area contributed by atoms with Crippen LogP contribution in [0.25, 0.3) is 98.0 Å². The van der Waals surface area contributed by atoms with Gasteiger partial charge in [-0.3, -0.25) is 0 Å². The summed E-state index contributed by atoms with van der Waals surface area (Å²) in [4.78, 5) is 0. The summed E-state index contributed by atoms with van der Waals surface area (Å²) in [5.74, 6) is 0. The molecule has 0 aliphatic carbocycles. The summed E-state index contributed by atoms with van der Waals surface area (Å²) < 4.78 is 9.57. The number of rotatable bonds is 3. The Morgan fingerprint density at radius 3 is 1.50 bits per heavy atom. The molecule has 0 nitrogen and oxygen atoms in total. The Bertz CT molecular complexity index is 3440. The molecule has 0 fully saturated rings. The second-order valence-corrected chi connectivity index (χ2v) is 22.5. The first kappa shape index (κ1) is 31.9. The van der Waals surface area contributed by atoms with Crippen LogP contribution in [0, 0.1) is 10.7 Å². The SMILES string of the molecule is C=I1(c2ccc3ccccc3c2)c2ccccc2-c2cc3c4ccccc4c4cc(-c5c6ccccc6c(-c6ccccc6)c6ccccc56)ccc4c3cc21. The molecule has 0 saturated carbocycles. The van der Waals surface area contributed by atoms with E-state index in [1.807, 2.05) is 0 Å². The van der Waals surface area contributed by atoms with E-state index < -0.39 is 18.0 Å². The average molecular weight is 823 g/mol. The fraction of sp³-hybridized carbons (Fsp3) is 0. The first-order valence-corrected chi connectivity index (χ1v) is 24.0. The van der Waals surface area contributed by atoms with E-state index in [-0.39, 0.29) is 0 Å². The van der Waals surface area contributed by atoms with E-state index >= 15 is 0 Å². The van der Waals surface area contributed by atoms with Crippen LogP contribution < -0.4 is 0 Å². The molecule has 11 aromatic carbocycles. The molecule has 0 N–H and O–H groups in total. The van der Waals surface area contributed by atoms with Crippen LogP contribution in [0.4, 0.5) is 0 Å². The molecule has 0 saturated heterocycles. The van der Waals surface area contributed by atoms with Crippen molar-refractivity contribution in [3.05, 3.63) is 211 Å². The van der Waals surface area contributed by atoms with Crippen molar-refractivity contribution in [2.24, 2.45) is 0 Å². The van der Waals surface area contributed by atoms with Crippen molar-refractivity contribution in [2.75, 3.05) is 0 Å². The molecular weight excluding hydrogens is 788 g/mol. The molecule has 0 aromatic heterocycles. The second kappa shape index (κ2) is 12.0. The van der Waals surface area contributed by atoms with E-state index in [9.17, 15) is 0 Å². The van der Waals surface area contributed by atoms with Crippen molar-refractivity contribution >= 4 is 87.1 Å². The van der Waals surface area contributed by atoms with Crippen molar-refractivity contribution in [1.82, 2.24) is 0 Å². The molecule has 1 heteroatoms. The first-order valence-electron chi connectivity index (χ1n) is 19.3. The third-order valence-electron chi connectivity index (χ3n) is 12.2. The van der Waals surface area contributed by atoms with Gasteiger partial charge in [0.25, 0.3) is 0 Å².